The Morgan fingerprint density at radius 2 is 2.04 bits per heavy atom. The molecule has 3 aromatic rings. The standard InChI is InChI=1S/C17H12F2N4/c1-10(15-4-2-3-5-21-15)23-16-11(8-20)9-22-17-13(16)6-12(18)7-14(17)19/h2-7,9-10H,1H3,(H,22,23). The zero-order chi connectivity index (χ0) is 16.4. The number of halogens is 2. The van der Waals surface area contributed by atoms with Crippen molar-refractivity contribution in [2.75, 3.05) is 5.32 Å². The maximum atomic E-state index is 13.9. The lowest BCUT2D eigenvalue weighted by Gasteiger charge is -2.17. The molecule has 2 heterocycles. The molecule has 6 heteroatoms. The van der Waals surface area contributed by atoms with Gasteiger partial charge < -0.3 is 5.32 Å². The smallest absolute Gasteiger partial charge is 0.152 e. The van der Waals surface area contributed by atoms with Crippen molar-refractivity contribution in [2.24, 2.45) is 0 Å². The Bertz CT molecular complexity index is 904. The molecule has 0 bridgehead atoms. The highest BCUT2D eigenvalue weighted by atomic mass is 19.1. The first-order valence-electron chi connectivity index (χ1n) is 6.95. The van der Waals surface area contributed by atoms with E-state index in [-0.39, 0.29) is 22.5 Å². The molecular formula is C17H12F2N4. The zero-order valence-electron chi connectivity index (χ0n) is 12.2. The molecule has 0 radical (unpaired) electrons. The summed E-state index contributed by atoms with van der Waals surface area (Å²) in [4.78, 5) is 8.15. The molecule has 114 valence electrons. The molecule has 1 aromatic carbocycles. The molecule has 0 aliphatic carbocycles. The van der Waals surface area contributed by atoms with E-state index in [0.29, 0.717) is 5.69 Å². The van der Waals surface area contributed by atoms with Gasteiger partial charge in [-0.1, -0.05) is 6.07 Å². The van der Waals surface area contributed by atoms with Gasteiger partial charge in [-0.3, -0.25) is 9.97 Å². The van der Waals surface area contributed by atoms with Gasteiger partial charge in [-0.2, -0.15) is 5.26 Å². The molecule has 0 fully saturated rings. The number of nitrogens with one attached hydrogen (secondary N) is 1. The maximum Gasteiger partial charge on any atom is 0.152 e. The summed E-state index contributed by atoms with van der Waals surface area (Å²) in [7, 11) is 0. The summed E-state index contributed by atoms with van der Waals surface area (Å²) in [5.74, 6) is -1.49. The molecule has 0 amide bonds. The molecule has 2 aromatic heterocycles. The van der Waals surface area contributed by atoms with Crippen LogP contribution >= 0.6 is 0 Å². The van der Waals surface area contributed by atoms with E-state index >= 15 is 0 Å². The highest BCUT2D eigenvalue weighted by Gasteiger charge is 2.16. The zero-order valence-corrected chi connectivity index (χ0v) is 12.2. The minimum absolute atomic E-state index is 0.0149. The van der Waals surface area contributed by atoms with Crippen LogP contribution < -0.4 is 5.32 Å². The molecular weight excluding hydrogens is 298 g/mol. The summed E-state index contributed by atoms with van der Waals surface area (Å²) in [6.07, 6.45) is 2.93. The molecule has 0 saturated carbocycles. The van der Waals surface area contributed by atoms with Gasteiger partial charge in [0.2, 0.25) is 0 Å². The summed E-state index contributed by atoms with van der Waals surface area (Å²) in [5, 5.41) is 12.6. The van der Waals surface area contributed by atoms with Gasteiger partial charge in [0.15, 0.2) is 5.82 Å². The lowest BCUT2D eigenvalue weighted by Crippen LogP contribution is -2.10. The van der Waals surface area contributed by atoms with Crippen LogP contribution in [0.1, 0.15) is 24.2 Å². The highest BCUT2D eigenvalue weighted by Crippen LogP contribution is 2.30. The van der Waals surface area contributed by atoms with Gasteiger partial charge in [0, 0.05) is 23.8 Å². The van der Waals surface area contributed by atoms with E-state index in [1.54, 1.807) is 12.3 Å². The van der Waals surface area contributed by atoms with Crippen LogP contribution in [0.25, 0.3) is 10.9 Å². The van der Waals surface area contributed by atoms with E-state index in [9.17, 15) is 14.0 Å². The van der Waals surface area contributed by atoms with Gasteiger partial charge in [0.05, 0.1) is 23.0 Å². The van der Waals surface area contributed by atoms with Crippen molar-refractivity contribution in [3.8, 4) is 6.07 Å². The number of benzene rings is 1. The van der Waals surface area contributed by atoms with Crippen LogP contribution in [-0.4, -0.2) is 9.97 Å². The second-order valence-electron chi connectivity index (χ2n) is 5.06. The Morgan fingerprint density at radius 3 is 2.74 bits per heavy atom. The van der Waals surface area contributed by atoms with Gasteiger partial charge in [-0.05, 0) is 25.1 Å². The van der Waals surface area contributed by atoms with Crippen molar-refractivity contribution in [3.05, 3.63) is 65.6 Å². The van der Waals surface area contributed by atoms with Gasteiger partial charge in [-0.25, -0.2) is 8.78 Å². The van der Waals surface area contributed by atoms with Crippen LogP contribution in [-0.2, 0) is 0 Å². The summed E-state index contributed by atoms with van der Waals surface area (Å²) in [6, 6.07) is 9.15. The molecule has 1 atom stereocenters. The Morgan fingerprint density at radius 1 is 1.22 bits per heavy atom. The van der Waals surface area contributed by atoms with Gasteiger partial charge in [0.25, 0.3) is 0 Å². The van der Waals surface area contributed by atoms with Crippen LogP contribution in [0.3, 0.4) is 0 Å². The van der Waals surface area contributed by atoms with Crippen LogP contribution in [0.5, 0.6) is 0 Å². The first-order valence-corrected chi connectivity index (χ1v) is 6.95. The second kappa shape index (κ2) is 5.97. The monoisotopic (exact) mass is 310 g/mol. The van der Waals surface area contributed by atoms with Gasteiger partial charge >= 0.3 is 0 Å². The first kappa shape index (κ1) is 14.9. The van der Waals surface area contributed by atoms with E-state index < -0.39 is 11.6 Å². The molecule has 1 N–H and O–H groups in total. The third kappa shape index (κ3) is 2.81. The number of aromatic nitrogens is 2. The van der Waals surface area contributed by atoms with E-state index in [2.05, 4.69) is 15.3 Å². The quantitative estimate of drug-likeness (QED) is 0.795. The minimum Gasteiger partial charge on any atom is -0.375 e. The fourth-order valence-electron chi connectivity index (χ4n) is 2.39. The molecule has 1 unspecified atom stereocenters. The minimum atomic E-state index is -0.766. The SMILES string of the molecule is CC(Nc1c(C#N)cnc2c(F)cc(F)cc12)c1ccccn1. The van der Waals surface area contributed by atoms with Crippen LogP contribution in [0, 0.1) is 23.0 Å². The molecule has 0 saturated heterocycles. The van der Waals surface area contributed by atoms with Crippen molar-refractivity contribution in [2.45, 2.75) is 13.0 Å². The summed E-state index contributed by atoms with van der Waals surface area (Å²) >= 11 is 0. The third-order valence-electron chi connectivity index (χ3n) is 3.50. The summed E-state index contributed by atoms with van der Waals surface area (Å²) in [5.41, 5.74) is 1.32. The largest absolute Gasteiger partial charge is 0.375 e. The predicted molar refractivity (Wildman–Crippen MR) is 82.6 cm³/mol. The molecule has 4 nitrogen and oxygen atoms in total. The average molecular weight is 310 g/mol. The van der Waals surface area contributed by atoms with Crippen LogP contribution in [0.2, 0.25) is 0 Å². The van der Waals surface area contributed by atoms with E-state index in [1.165, 1.54) is 12.3 Å². The molecule has 3 rings (SSSR count). The number of pyridine rings is 2. The average Bonchev–Trinajstić information content (AvgIpc) is 2.56. The van der Waals surface area contributed by atoms with Crippen molar-refractivity contribution in [1.82, 2.24) is 9.97 Å². The normalized spacial score (nSPS) is 11.9. The number of hydrogen-bond donors (Lipinski definition) is 1. The Labute approximate surface area is 131 Å². The summed E-state index contributed by atoms with van der Waals surface area (Å²) < 4.78 is 27.5. The summed E-state index contributed by atoms with van der Waals surface area (Å²) in [6.45, 7) is 1.85. The highest BCUT2D eigenvalue weighted by molar-refractivity contribution is 5.94. The van der Waals surface area contributed by atoms with Crippen LogP contribution in [0.4, 0.5) is 14.5 Å². The fraction of sp³-hybridized carbons (Fsp3) is 0.118. The molecule has 0 spiro atoms. The lowest BCUT2D eigenvalue weighted by atomic mass is 10.1. The Kier molecular flexibility index (Phi) is 3.85. The molecule has 23 heavy (non-hydrogen) atoms. The number of nitrogens with zero attached hydrogens (tertiary/aromatic N) is 3. The number of fused-ring (bicyclic) bond motifs is 1. The lowest BCUT2D eigenvalue weighted by molar-refractivity contribution is 0.590. The Balaban J connectivity index is 2.14. The topological polar surface area (TPSA) is 61.6 Å². The second-order valence-corrected chi connectivity index (χ2v) is 5.06. The van der Waals surface area contributed by atoms with Crippen molar-refractivity contribution < 1.29 is 8.78 Å². The predicted octanol–water partition coefficient (Wildman–Crippen LogP) is 3.95. The van der Waals surface area contributed by atoms with Crippen LogP contribution in [0.15, 0.2) is 42.7 Å². The van der Waals surface area contributed by atoms with E-state index in [1.807, 2.05) is 25.1 Å². The molecule has 0 aliphatic heterocycles. The maximum absolute atomic E-state index is 13.9. The van der Waals surface area contributed by atoms with Crippen molar-refractivity contribution >= 4 is 16.6 Å². The van der Waals surface area contributed by atoms with Gasteiger partial charge in [-0.15, -0.1) is 0 Å². The number of nitriles is 1. The van der Waals surface area contributed by atoms with Gasteiger partial charge in [0.1, 0.15) is 17.4 Å². The first-order chi connectivity index (χ1) is 11.1. The Hall–Kier alpha value is -3.07. The number of anilines is 1. The van der Waals surface area contributed by atoms with E-state index in [4.69, 9.17) is 0 Å². The third-order valence-corrected chi connectivity index (χ3v) is 3.50. The number of rotatable bonds is 3. The van der Waals surface area contributed by atoms with E-state index in [0.717, 1.165) is 11.8 Å². The fourth-order valence-corrected chi connectivity index (χ4v) is 2.39. The molecule has 0 aliphatic rings. The van der Waals surface area contributed by atoms with Crippen molar-refractivity contribution in [1.29, 1.82) is 5.26 Å². The number of hydrogen-bond acceptors (Lipinski definition) is 4. The van der Waals surface area contributed by atoms with Crippen molar-refractivity contribution in [3.63, 3.8) is 0 Å².